The molecule has 0 aromatic rings. The lowest BCUT2D eigenvalue weighted by Gasteiger charge is -2.29. The van der Waals surface area contributed by atoms with Crippen LogP contribution in [0.4, 0.5) is 0 Å². The predicted octanol–water partition coefficient (Wildman–Crippen LogP) is -1.30. The second-order valence-electron chi connectivity index (χ2n) is 3.97. The summed E-state index contributed by atoms with van der Waals surface area (Å²) in [5.41, 5.74) is 2.55. The second kappa shape index (κ2) is 3.97. The van der Waals surface area contributed by atoms with E-state index in [1.54, 1.807) is 0 Å². The van der Waals surface area contributed by atoms with Crippen molar-refractivity contribution < 1.29 is 8.42 Å². The molecule has 0 unspecified atom stereocenters. The van der Waals surface area contributed by atoms with Gasteiger partial charge in [0.2, 0.25) is 5.96 Å². The maximum Gasteiger partial charge on any atom is 0.208 e. The molecule has 1 aliphatic heterocycles. The number of hydrogen-bond acceptors (Lipinski definition) is 4. The molecule has 0 radical (unpaired) electrons. The standard InChI is InChI=1S/C8H16N4O2S/c9-11-8(10-7-1-2-7)12-3-5-15(13,14)6-4-12/h7H,1-6,9H2,(H,10,11). The summed E-state index contributed by atoms with van der Waals surface area (Å²) >= 11 is 0. The first-order valence-electron chi connectivity index (χ1n) is 5.10. The fraction of sp³-hybridized carbons (Fsp3) is 0.875. The van der Waals surface area contributed by atoms with Crippen LogP contribution < -0.4 is 11.3 Å². The van der Waals surface area contributed by atoms with Gasteiger partial charge in [0.25, 0.3) is 0 Å². The first kappa shape index (κ1) is 10.7. The molecule has 3 N–H and O–H groups in total. The van der Waals surface area contributed by atoms with E-state index < -0.39 is 9.84 Å². The lowest BCUT2D eigenvalue weighted by atomic mass is 10.5. The minimum atomic E-state index is -2.84. The summed E-state index contributed by atoms with van der Waals surface area (Å²) in [5, 5.41) is 0. The Morgan fingerprint density at radius 2 is 1.93 bits per heavy atom. The van der Waals surface area contributed by atoms with Gasteiger partial charge in [0.05, 0.1) is 17.5 Å². The third-order valence-electron chi connectivity index (χ3n) is 2.62. The molecule has 0 spiro atoms. The molecular weight excluding hydrogens is 216 g/mol. The fourth-order valence-corrected chi connectivity index (χ4v) is 2.71. The zero-order valence-corrected chi connectivity index (χ0v) is 9.33. The van der Waals surface area contributed by atoms with Crippen molar-refractivity contribution in [3.05, 3.63) is 0 Å². The fourth-order valence-electron chi connectivity index (χ4n) is 1.51. The van der Waals surface area contributed by atoms with E-state index in [0.717, 1.165) is 12.8 Å². The minimum absolute atomic E-state index is 0.193. The summed E-state index contributed by atoms with van der Waals surface area (Å²) in [6, 6.07) is 0.384. The molecule has 1 heterocycles. The molecule has 6 nitrogen and oxygen atoms in total. The second-order valence-corrected chi connectivity index (χ2v) is 6.27. The molecule has 0 amide bonds. The maximum absolute atomic E-state index is 11.2. The molecule has 1 aliphatic carbocycles. The summed E-state index contributed by atoms with van der Waals surface area (Å²) in [7, 11) is -2.84. The molecule has 0 aromatic heterocycles. The van der Waals surface area contributed by atoms with Crippen LogP contribution >= 0.6 is 0 Å². The quantitative estimate of drug-likeness (QED) is 0.254. The molecule has 15 heavy (non-hydrogen) atoms. The average Bonchev–Trinajstić information content (AvgIpc) is 2.98. The third-order valence-corrected chi connectivity index (χ3v) is 4.23. The summed E-state index contributed by atoms with van der Waals surface area (Å²) < 4.78 is 22.4. The number of hydrogen-bond donors (Lipinski definition) is 2. The molecule has 2 aliphatic rings. The normalized spacial score (nSPS) is 26.5. The minimum Gasteiger partial charge on any atom is -0.340 e. The average molecular weight is 232 g/mol. The molecule has 2 fully saturated rings. The smallest absolute Gasteiger partial charge is 0.208 e. The highest BCUT2D eigenvalue weighted by Gasteiger charge is 2.26. The zero-order chi connectivity index (χ0) is 10.9. The van der Waals surface area contributed by atoms with Crippen LogP contribution in [0, 0.1) is 0 Å². The van der Waals surface area contributed by atoms with Gasteiger partial charge in [0, 0.05) is 13.1 Å². The van der Waals surface area contributed by atoms with Gasteiger partial charge in [0.15, 0.2) is 9.84 Å². The molecule has 0 aromatic carbocycles. The molecule has 1 saturated carbocycles. The first-order chi connectivity index (χ1) is 7.11. The number of nitrogens with zero attached hydrogens (tertiary/aromatic N) is 2. The third kappa shape index (κ3) is 2.82. The molecule has 0 atom stereocenters. The van der Waals surface area contributed by atoms with Crippen LogP contribution in [0.1, 0.15) is 12.8 Å². The number of rotatable bonds is 1. The summed E-state index contributed by atoms with van der Waals surface area (Å²) in [6.07, 6.45) is 2.22. The van der Waals surface area contributed by atoms with E-state index in [-0.39, 0.29) is 11.5 Å². The van der Waals surface area contributed by atoms with E-state index >= 15 is 0 Å². The van der Waals surface area contributed by atoms with Crippen molar-refractivity contribution in [3.8, 4) is 0 Å². The Morgan fingerprint density at radius 1 is 1.33 bits per heavy atom. The summed E-state index contributed by atoms with van der Waals surface area (Å²) in [6.45, 7) is 0.968. The van der Waals surface area contributed by atoms with Crippen molar-refractivity contribution in [2.24, 2.45) is 10.8 Å². The number of aliphatic imine (C=N–C) groups is 1. The van der Waals surface area contributed by atoms with Gasteiger partial charge in [-0.3, -0.25) is 5.43 Å². The van der Waals surface area contributed by atoms with E-state index in [1.807, 2.05) is 4.90 Å². The highest BCUT2D eigenvalue weighted by Crippen LogP contribution is 2.23. The van der Waals surface area contributed by atoms with E-state index in [4.69, 9.17) is 5.84 Å². The van der Waals surface area contributed by atoms with Crippen molar-refractivity contribution >= 4 is 15.8 Å². The number of nitrogens with two attached hydrogens (primary N) is 1. The number of sulfone groups is 1. The number of hydrazine groups is 1. The highest BCUT2D eigenvalue weighted by atomic mass is 32.2. The lowest BCUT2D eigenvalue weighted by molar-refractivity contribution is 0.426. The van der Waals surface area contributed by atoms with Crippen molar-refractivity contribution in [3.63, 3.8) is 0 Å². The van der Waals surface area contributed by atoms with Gasteiger partial charge in [-0.2, -0.15) is 0 Å². The molecular formula is C8H16N4O2S. The largest absolute Gasteiger partial charge is 0.340 e. The Bertz CT molecular complexity index is 347. The zero-order valence-electron chi connectivity index (χ0n) is 8.52. The van der Waals surface area contributed by atoms with Gasteiger partial charge in [-0.25, -0.2) is 19.3 Å². The van der Waals surface area contributed by atoms with Gasteiger partial charge < -0.3 is 4.90 Å². The molecule has 7 heteroatoms. The maximum atomic E-state index is 11.2. The summed E-state index contributed by atoms with van der Waals surface area (Å²) in [5.74, 6) is 6.39. The topological polar surface area (TPSA) is 87.8 Å². The SMILES string of the molecule is NNC(=NC1CC1)N1CCS(=O)(=O)CC1. The van der Waals surface area contributed by atoms with Crippen molar-refractivity contribution in [1.29, 1.82) is 0 Å². The number of nitrogens with one attached hydrogen (secondary N) is 1. The van der Waals surface area contributed by atoms with Crippen LogP contribution in [-0.2, 0) is 9.84 Å². The lowest BCUT2D eigenvalue weighted by Crippen LogP contribution is -2.51. The van der Waals surface area contributed by atoms with Crippen molar-refractivity contribution in [1.82, 2.24) is 10.3 Å². The van der Waals surface area contributed by atoms with Crippen LogP contribution in [0.2, 0.25) is 0 Å². The molecule has 0 bridgehead atoms. The van der Waals surface area contributed by atoms with Crippen LogP contribution in [0.15, 0.2) is 4.99 Å². The van der Waals surface area contributed by atoms with Gasteiger partial charge in [-0.05, 0) is 12.8 Å². The van der Waals surface area contributed by atoms with Gasteiger partial charge in [-0.15, -0.1) is 0 Å². The van der Waals surface area contributed by atoms with Gasteiger partial charge >= 0.3 is 0 Å². The monoisotopic (exact) mass is 232 g/mol. The predicted molar refractivity (Wildman–Crippen MR) is 58.0 cm³/mol. The number of guanidine groups is 1. The van der Waals surface area contributed by atoms with E-state index in [2.05, 4.69) is 10.4 Å². The van der Waals surface area contributed by atoms with E-state index in [0.29, 0.717) is 25.1 Å². The Hall–Kier alpha value is -0.820. The van der Waals surface area contributed by atoms with Crippen LogP contribution in [-0.4, -0.2) is 49.9 Å². The van der Waals surface area contributed by atoms with E-state index in [9.17, 15) is 8.42 Å². The molecule has 2 rings (SSSR count). The van der Waals surface area contributed by atoms with E-state index in [1.165, 1.54) is 0 Å². The van der Waals surface area contributed by atoms with Crippen LogP contribution in [0.3, 0.4) is 0 Å². The highest BCUT2D eigenvalue weighted by molar-refractivity contribution is 7.91. The molecule has 86 valence electrons. The van der Waals surface area contributed by atoms with Gasteiger partial charge in [-0.1, -0.05) is 0 Å². The van der Waals surface area contributed by atoms with Crippen LogP contribution in [0.5, 0.6) is 0 Å². The summed E-state index contributed by atoms with van der Waals surface area (Å²) in [4.78, 5) is 6.29. The van der Waals surface area contributed by atoms with Gasteiger partial charge in [0.1, 0.15) is 0 Å². The molecule has 1 saturated heterocycles. The Balaban J connectivity index is 1.98. The van der Waals surface area contributed by atoms with Crippen molar-refractivity contribution in [2.75, 3.05) is 24.6 Å². The Kier molecular flexibility index (Phi) is 2.83. The van der Waals surface area contributed by atoms with Crippen LogP contribution in [0.25, 0.3) is 0 Å². The Morgan fingerprint density at radius 3 is 2.40 bits per heavy atom. The van der Waals surface area contributed by atoms with Crippen molar-refractivity contribution in [2.45, 2.75) is 18.9 Å². The first-order valence-corrected chi connectivity index (χ1v) is 6.93. The Labute approximate surface area is 89.4 Å².